The number of nitrogens with one attached hydrogen (secondary N) is 1. The quantitative estimate of drug-likeness (QED) is 0.702. The van der Waals surface area contributed by atoms with Gasteiger partial charge in [-0.15, -0.1) is 0 Å². The first-order valence-electron chi connectivity index (χ1n) is 8.31. The van der Waals surface area contributed by atoms with Crippen molar-refractivity contribution >= 4 is 21.4 Å². The van der Waals surface area contributed by atoms with E-state index >= 15 is 0 Å². The number of amides is 1. The molecule has 5 nitrogen and oxygen atoms in total. The highest BCUT2D eigenvalue weighted by atomic mass is 32.2. The van der Waals surface area contributed by atoms with E-state index in [0.717, 1.165) is 11.8 Å². The van der Waals surface area contributed by atoms with Crippen LogP contribution in [0.1, 0.15) is 15.9 Å². The second-order valence-corrected chi connectivity index (χ2v) is 8.01. The second kappa shape index (κ2) is 8.05. The van der Waals surface area contributed by atoms with Crippen LogP contribution in [0, 0.1) is 0 Å². The Morgan fingerprint density at radius 2 is 1.52 bits per heavy atom. The van der Waals surface area contributed by atoms with Gasteiger partial charge in [-0.25, -0.2) is 8.42 Å². The predicted octanol–water partition coefficient (Wildman–Crippen LogP) is 3.92. The van der Waals surface area contributed by atoms with Crippen molar-refractivity contribution in [1.82, 2.24) is 0 Å². The summed E-state index contributed by atoms with van der Waals surface area (Å²) >= 11 is 0. The van der Waals surface area contributed by atoms with Crippen molar-refractivity contribution in [2.24, 2.45) is 0 Å². The molecule has 0 bridgehead atoms. The number of anilines is 1. The van der Waals surface area contributed by atoms with E-state index in [1.54, 1.807) is 36.4 Å². The zero-order valence-electron chi connectivity index (χ0n) is 14.8. The number of carbonyl (C=O) groups excluding carboxylic acids is 1. The van der Waals surface area contributed by atoms with E-state index in [1.165, 1.54) is 12.1 Å². The van der Waals surface area contributed by atoms with Gasteiger partial charge in [0.1, 0.15) is 12.4 Å². The molecule has 138 valence electrons. The van der Waals surface area contributed by atoms with Gasteiger partial charge in [0.25, 0.3) is 5.91 Å². The first-order chi connectivity index (χ1) is 12.9. The third kappa shape index (κ3) is 4.95. The van der Waals surface area contributed by atoms with Gasteiger partial charge in [-0.3, -0.25) is 4.79 Å². The molecule has 0 heterocycles. The standard InChI is InChI=1S/C21H19NO4S/c1-27(24,25)20-10-6-5-9-19(20)21(23)22-17-11-13-18(14-12-17)26-15-16-7-3-2-4-8-16/h2-14H,15H2,1H3,(H,22,23). The summed E-state index contributed by atoms with van der Waals surface area (Å²) in [4.78, 5) is 12.5. The lowest BCUT2D eigenvalue weighted by molar-refractivity contribution is 0.102. The average Bonchev–Trinajstić information content (AvgIpc) is 2.67. The number of benzene rings is 3. The summed E-state index contributed by atoms with van der Waals surface area (Å²) in [7, 11) is -3.49. The maximum Gasteiger partial charge on any atom is 0.256 e. The molecule has 0 spiro atoms. The Morgan fingerprint density at radius 3 is 2.19 bits per heavy atom. The molecule has 0 radical (unpaired) electrons. The second-order valence-electron chi connectivity index (χ2n) is 6.02. The Bertz CT molecular complexity index is 1030. The van der Waals surface area contributed by atoms with E-state index in [4.69, 9.17) is 4.74 Å². The van der Waals surface area contributed by atoms with Crippen molar-refractivity contribution in [1.29, 1.82) is 0 Å². The molecule has 1 amide bonds. The van der Waals surface area contributed by atoms with Crippen LogP contribution < -0.4 is 10.1 Å². The number of sulfone groups is 1. The van der Waals surface area contributed by atoms with Crippen LogP contribution in [0.15, 0.2) is 83.8 Å². The lowest BCUT2D eigenvalue weighted by Crippen LogP contribution is -2.15. The van der Waals surface area contributed by atoms with Crippen LogP contribution in [-0.4, -0.2) is 20.6 Å². The van der Waals surface area contributed by atoms with Crippen LogP contribution in [-0.2, 0) is 16.4 Å². The molecule has 1 N–H and O–H groups in total. The summed E-state index contributed by atoms with van der Waals surface area (Å²) in [5.41, 5.74) is 1.73. The monoisotopic (exact) mass is 381 g/mol. The maximum absolute atomic E-state index is 12.5. The summed E-state index contributed by atoms with van der Waals surface area (Å²) in [5.74, 6) is 0.197. The molecule has 0 aliphatic carbocycles. The Kier molecular flexibility index (Phi) is 5.57. The van der Waals surface area contributed by atoms with Gasteiger partial charge in [-0.05, 0) is 42.0 Å². The lowest BCUT2D eigenvalue weighted by atomic mass is 10.2. The highest BCUT2D eigenvalue weighted by Gasteiger charge is 2.18. The molecule has 0 fully saturated rings. The highest BCUT2D eigenvalue weighted by Crippen LogP contribution is 2.20. The van der Waals surface area contributed by atoms with Crippen molar-refractivity contribution in [3.05, 3.63) is 90.0 Å². The number of ether oxygens (including phenoxy) is 1. The molecule has 3 aromatic carbocycles. The predicted molar refractivity (Wildman–Crippen MR) is 105 cm³/mol. The van der Waals surface area contributed by atoms with Gasteiger partial charge in [0.05, 0.1) is 10.5 Å². The SMILES string of the molecule is CS(=O)(=O)c1ccccc1C(=O)Nc1ccc(OCc2ccccc2)cc1. The zero-order chi connectivity index (χ0) is 19.3. The van der Waals surface area contributed by atoms with Gasteiger partial charge in [0.15, 0.2) is 9.84 Å². The molecule has 0 atom stereocenters. The van der Waals surface area contributed by atoms with Gasteiger partial charge < -0.3 is 10.1 Å². The van der Waals surface area contributed by atoms with Crippen molar-refractivity contribution in [3.63, 3.8) is 0 Å². The Balaban J connectivity index is 1.67. The molecule has 0 saturated heterocycles. The number of hydrogen-bond acceptors (Lipinski definition) is 4. The summed E-state index contributed by atoms with van der Waals surface area (Å²) in [6, 6.07) is 22.9. The van der Waals surface area contributed by atoms with Crippen molar-refractivity contribution < 1.29 is 17.9 Å². The van der Waals surface area contributed by atoms with E-state index in [0.29, 0.717) is 18.0 Å². The molecular formula is C21H19NO4S. The van der Waals surface area contributed by atoms with E-state index in [-0.39, 0.29) is 10.5 Å². The smallest absolute Gasteiger partial charge is 0.256 e. The van der Waals surface area contributed by atoms with E-state index in [9.17, 15) is 13.2 Å². The molecule has 27 heavy (non-hydrogen) atoms. The van der Waals surface area contributed by atoms with Crippen LogP contribution in [0.3, 0.4) is 0 Å². The number of rotatable bonds is 6. The summed E-state index contributed by atoms with van der Waals surface area (Å²) < 4.78 is 29.4. The Hall–Kier alpha value is -3.12. The van der Waals surface area contributed by atoms with Crippen molar-refractivity contribution in [2.75, 3.05) is 11.6 Å². The maximum atomic E-state index is 12.5. The normalized spacial score (nSPS) is 11.0. The van der Waals surface area contributed by atoms with Crippen LogP contribution >= 0.6 is 0 Å². The fourth-order valence-electron chi connectivity index (χ4n) is 2.55. The van der Waals surface area contributed by atoms with Crippen LogP contribution in [0.5, 0.6) is 5.75 Å². The average molecular weight is 381 g/mol. The number of hydrogen-bond donors (Lipinski definition) is 1. The molecule has 0 saturated carbocycles. The number of carbonyl (C=O) groups is 1. The minimum Gasteiger partial charge on any atom is -0.489 e. The van der Waals surface area contributed by atoms with E-state index < -0.39 is 15.7 Å². The molecule has 0 aliphatic rings. The van der Waals surface area contributed by atoms with Crippen LogP contribution in [0.2, 0.25) is 0 Å². The van der Waals surface area contributed by atoms with Crippen LogP contribution in [0.4, 0.5) is 5.69 Å². The topological polar surface area (TPSA) is 72.5 Å². The fraction of sp³-hybridized carbons (Fsp3) is 0.0952. The largest absolute Gasteiger partial charge is 0.489 e. The molecule has 3 aromatic rings. The molecule has 6 heteroatoms. The van der Waals surface area contributed by atoms with Gasteiger partial charge in [0.2, 0.25) is 0 Å². The highest BCUT2D eigenvalue weighted by molar-refractivity contribution is 7.90. The third-order valence-corrected chi connectivity index (χ3v) is 5.05. The molecule has 0 aromatic heterocycles. The Morgan fingerprint density at radius 1 is 0.889 bits per heavy atom. The minimum absolute atomic E-state index is 0.00492. The summed E-state index contributed by atoms with van der Waals surface area (Å²) in [5, 5.41) is 2.71. The summed E-state index contributed by atoms with van der Waals surface area (Å²) in [6.07, 6.45) is 1.08. The molecule has 0 unspecified atom stereocenters. The van der Waals surface area contributed by atoms with Gasteiger partial charge in [0, 0.05) is 11.9 Å². The molecule has 0 aliphatic heterocycles. The van der Waals surface area contributed by atoms with Gasteiger partial charge in [-0.2, -0.15) is 0 Å². The van der Waals surface area contributed by atoms with E-state index in [2.05, 4.69) is 5.32 Å². The lowest BCUT2D eigenvalue weighted by Gasteiger charge is -2.10. The Labute approximate surface area is 158 Å². The first kappa shape index (κ1) is 18.7. The molecular weight excluding hydrogens is 362 g/mol. The minimum atomic E-state index is -3.49. The zero-order valence-corrected chi connectivity index (χ0v) is 15.6. The van der Waals surface area contributed by atoms with Crippen molar-refractivity contribution in [2.45, 2.75) is 11.5 Å². The molecule has 3 rings (SSSR count). The fourth-order valence-corrected chi connectivity index (χ4v) is 3.44. The van der Waals surface area contributed by atoms with Gasteiger partial charge in [-0.1, -0.05) is 42.5 Å². The third-order valence-electron chi connectivity index (χ3n) is 3.89. The van der Waals surface area contributed by atoms with E-state index in [1.807, 2.05) is 30.3 Å². The summed E-state index contributed by atoms with van der Waals surface area (Å²) in [6.45, 7) is 0.453. The van der Waals surface area contributed by atoms with Gasteiger partial charge >= 0.3 is 0 Å². The van der Waals surface area contributed by atoms with Crippen molar-refractivity contribution in [3.8, 4) is 5.75 Å². The first-order valence-corrected chi connectivity index (χ1v) is 10.2. The van der Waals surface area contributed by atoms with Crippen LogP contribution in [0.25, 0.3) is 0 Å².